The number of amides is 1. The molecule has 166 valence electrons. The maximum absolute atomic E-state index is 13.1. The van der Waals surface area contributed by atoms with Crippen molar-refractivity contribution in [1.82, 2.24) is 14.8 Å². The van der Waals surface area contributed by atoms with Gasteiger partial charge in [0, 0.05) is 11.6 Å². The molecule has 0 atom stereocenters. The van der Waals surface area contributed by atoms with Crippen LogP contribution in [-0.2, 0) is 26.9 Å². The van der Waals surface area contributed by atoms with Gasteiger partial charge in [-0.3, -0.25) is 19.7 Å². The Morgan fingerprint density at radius 1 is 1.19 bits per heavy atom. The highest BCUT2D eigenvalue weighted by molar-refractivity contribution is 5.95. The molecule has 3 aromatic rings. The summed E-state index contributed by atoms with van der Waals surface area (Å²) in [6.07, 6.45) is -2.73. The van der Waals surface area contributed by atoms with Gasteiger partial charge in [0.05, 0.1) is 28.3 Å². The number of rotatable bonds is 7. The van der Waals surface area contributed by atoms with Gasteiger partial charge in [0.25, 0.3) is 11.6 Å². The fourth-order valence-electron chi connectivity index (χ4n) is 2.72. The molecule has 0 bridgehead atoms. The van der Waals surface area contributed by atoms with Gasteiger partial charge in [-0.05, 0) is 18.2 Å². The zero-order chi connectivity index (χ0) is 23.3. The quantitative estimate of drug-likeness (QED) is 0.334. The van der Waals surface area contributed by atoms with Gasteiger partial charge >= 0.3 is 12.1 Å². The average molecular weight is 449 g/mol. The largest absolute Gasteiger partial charge is 0.455 e. The molecular formula is C19H14F3N5O5. The van der Waals surface area contributed by atoms with E-state index >= 15 is 0 Å². The molecule has 1 N–H and O–H groups in total. The first-order valence-electron chi connectivity index (χ1n) is 8.89. The lowest BCUT2D eigenvalue weighted by Gasteiger charge is -2.14. The molecule has 0 saturated carbocycles. The number of halogens is 3. The molecule has 1 amide bonds. The molecule has 3 rings (SSSR count). The summed E-state index contributed by atoms with van der Waals surface area (Å²) in [5, 5.41) is 17.1. The molecule has 13 heteroatoms. The first-order chi connectivity index (χ1) is 15.1. The van der Waals surface area contributed by atoms with Crippen molar-refractivity contribution in [1.29, 1.82) is 0 Å². The Balaban J connectivity index is 1.69. The van der Waals surface area contributed by atoms with E-state index in [1.54, 1.807) is 0 Å². The summed E-state index contributed by atoms with van der Waals surface area (Å²) in [6, 6.07) is 8.15. The summed E-state index contributed by atoms with van der Waals surface area (Å²) in [5.41, 5.74) is -1.32. The lowest BCUT2D eigenvalue weighted by atomic mass is 10.1. The van der Waals surface area contributed by atoms with Gasteiger partial charge in [0.1, 0.15) is 12.7 Å². The van der Waals surface area contributed by atoms with E-state index in [2.05, 4.69) is 15.4 Å². The molecule has 1 heterocycles. The molecule has 0 fully saturated rings. The monoisotopic (exact) mass is 449 g/mol. The van der Waals surface area contributed by atoms with Crippen LogP contribution in [0.3, 0.4) is 0 Å². The number of hydrogen-bond acceptors (Lipinski definition) is 7. The van der Waals surface area contributed by atoms with E-state index in [9.17, 15) is 32.9 Å². The summed E-state index contributed by atoms with van der Waals surface area (Å²) in [6.45, 7) is -0.813. The minimum atomic E-state index is -4.66. The Bertz CT molecular complexity index is 1150. The first-order valence-corrected chi connectivity index (χ1v) is 8.89. The molecule has 0 aliphatic rings. The average Bonchev–Trinajstić information content (AvgIpc) is 3.26. The van der Waals surface area contributed by atoms with E-state index in [0.29, 0.717) is 6.07 Å². The number of nitro groups is 1. The number of alkyl halides is 3. The van der Waals surface area contributed by atoms with Crippen molar-refractivity contribution in [2.75, 3.05) is 11.9 Å². The number of hydrogen-bond donors (Lipinski definition) is 1. The zero-order valence-corrected chi connectivity index (χ0v) is 16.1. The minimum Gasteiger partial charge on any atom is -0.455 e. The topological polar surface area (TPSA) is 129 Å². The highest BCUT2D eigenvalue weighted by Crippen LogP contribution is 2.33. The predicted octanol–water partition coefficient (Wildman–Crippen LogP) is 2.92. The number of ether oxygens (including phenoxy) is 1. The normalized spacial score (nSPS) is 11.1. The second-order valence-corrected chi connectivity index (χ2v) is 6.34. The Morgan fingerprint density at radius 2 is 1.94 bits per heavy atom. The number of benzene rings is 2. The summed E-state index contributed by atoms with van der Waals surface area (Å²) in [7, 11) is 0. The van der Waals surface area contributed by atoms with Gasteiger partial charge in [-0.1, -0.05) is 18.2 Å². The molecule has 2 aromatic carbocycles. The lowest BCUT2D eigenvalue weighted by molar-refractivity contribution is -0.385. The van der Waals surface area contributed by atoms with Crippen molar-refractivity contribution in [2.45, 2.75) is 12.6 Å². The second kappa shape index (κ2) is 9.24. The van der Waals surface area contributed by atoms with Gasteiger partial charge in [-0.25, -0.2) is 9.67 Å². The highest BCUT2D eigenvalue weighted by Gasteiger charge is 2.31. The molecule has 1 aromatic heterocycles. The third kappa shape index (κ3) is 5.44. The van der Waals surface area contributed by atoms with Crippen LogP contribution in [0.25, 0.3) is 5.69 Å². The smallest absolute Gasteiger partial charge is 0.416 e. The van der Waals surface area contributed by atoms with E-state index in [0.717, 1.165) is 23.1 Å². The summed E-state index contributed by atoms with van der Waals surface area (Å²) < 4.78 is 45.2. The molecule has 0 spiro atoms. The predicted molar refractivity (Wildman–Crippen MR) is 103 cm³/mol. The van der Waals surface area contributed by atoms with Crippen LogP contribution >= 0.6 is 0 Å². The van der Waals surface area contributed by atoms with Crippen LogP contribution in [0, 0.1) is 10.1 Å². The van der Waals surface area contributed by atoms with Gasteiger partial charge in [-0.15, -0.1) is 0 Å². The number of aromatic nitrogens is 3. The third-order valence-electron chi connectivity index (χ3n) is 4.15. The van der Waals surface area contributed by atoms with Crippen LogP contribution in [0.1, 0.15) is 11.1 Å². The Hall–Kier alpha value is -4.29. The van der Waals surface area contributed by atoms with E-state index in [-0.39, 0.29) is 22.6 Å². The van der Waals surface area contributed by atoms with Gasteiger partial charge in [0.2, 0.25) is 0 Å². The number of nitrogens with zero attached hydrogens (tertiary/aromatic N) is 4. The van der Waals surface area contributed by atoms with Crippen LogP contribution in [0.2, 0.25) is 0 Å². The molecule has 0 unspecified atom stereocenters. The third-order valence-corrected chi connectivity index (χ3v) is 4.15. The van der Waals surface area contributed by atoms with Crippen molar-refractivity contribution >= 4 is 23.3 Å². The van der Waals surface area contributed by atoms with Crippen LogP contribution in [0.15, 0.2) is 55.1 Å². The second-order valence-electron chi connectivity index (χ2n) is 6.34. The summed E-state index contributed by atoms with van der Waals surface area (Å²) in [5.74, 6) is -1.84. The summed E-state index contributed by atoms with van der Waals surface area (Å²) >= 11 is 0. The number of nitro benzene ring substituents is 1. The van der Waals surface area contributed by atoms with Crippen LogP contribution in [0.5, 0.6) is 0 Å². The van der Waals surface area contributed by atoms with Crippen molar-refractivity contribution in [2.24, 2.45) is 0 Å². The maximum Gasteiger partial charge on any atom is 0.416 e. The van der Waals surface area contributed by atoms with Crippen molar-refractivity contribution in [3.63, 3.8) is 0 Å². The van der Waals surface area contributed by atoms with Crippen LogP contribution < -0.4 is 5.32 Å². The molecule has 0 radical (unpaired) electrons. The first kappa shape index (κ1) is 22.4. The lowest BCUT2D eigenvalue weighted by Crippen LogP contribution is -2.23. The van der Waals surface area contributed by atoms with Crippen molar-refractivity contribution in [3.8, 4) is 5.69 Å². The Kier molecular flexibility index (Phi) is 6.47. The molecule has 0 aliphatic carbocycles. The fourth-order valence-corrected chi connectivity index (χ4v) is 2.72. The molecular weight excluding hydrogens is 435 g/mol. The van der Waals surface area contributed by atoms with Crippen LogP contribution in [-0.4, -0.2) is 38.2 Å². The number of carbonyl (C=O) groups excluding carboxylic acids is 2. The molecule has 0 aliphatic heterocycles. The van der Waals surface area contributed by atoms with Gasteiger partial charge < -0.3 is 10.1 Å². The zero-order valence-electron chi connectivity index (χ0n) is 16.1. The number of esters is 1. The molecule has 32 heavy (non-hydrogen) atoms. The van der Waals surface area contributed by atoms with Gasteiger partial charge in [0.15, 0.2) is 6.61 Å². The summed E-state index contributed by atoms with van der Waals surface area (Å²) in [4.78, 5) is 38.2. The van der Waals surface area contributed by atoms with Gasteiger partial charge in [-0.2, -0.15) is 18.3 Å². The van der Waals surface area contributed by atoms with E-state index in [4.69, 9.17) is 4.74 Å². The number of carbonyl (C=O) groups is 2. The maximum atomic E-state index is 13.1. The Labute approximate surface area is 177 Å². The van der Waals surface area contributed by atoms with Crippen molar-refractivity contribution < 1.29 is 32.4 Å². The minimum absolute atomic E-state index is 0.0919. The number of anilines is 1. The SMILES string of the molecule is O=C(COC(=O)Cc1ccccc1[N+](=O)[O-])Nc1cc(C(F)(F)F)ccc1-n1cncn1. The molecule has 10 nitrogen and oxygen atoms in total. The van der Waals surface area contributed by atoms with E-state index < -0.39 is 41.6 Å². The Morgan fingerprint density at radius 3 is 2.59 bits per heavy atom. The van der Waals surface area contributed by atoms with E-state index in [1.807, 2.05) is 0 Å². The van der Waals surface area contributed by atoms with Crippen molar-refractivity contribution in [3.05, 3.63) is 76.4 Å². The standard InChI is InChI=1S/C19H14F3N5O5/c20-19(21,22)13-5-6-16(26-11-23-10-24-26)14(8-13)25-17(28)9-32-18(29)7-12-3-1-2-4-15(12)27(30)31/h1-6,8,10-11H,7,9H2,(H,25,28). The molecule has 0 saturated heterocycles. The number of para-hydroxylation sites is 1. The highest BCUT2D eigenvalue weighted by atomic mass is 19.4. The number of nitrogens with one attached hydrogen (secondary N) is 1. The van der Waals surface area contributed by atoms with E-state index in [1.165, 1.54) is 30.6 Å². The van der Waals surface area contributed by atoms with Crippen LogP contribution in [0.4, 0.5) is 24.5 Å². The fraction of sp³-hybridized carbons (Fsp3) is 0.158.